The summed E-state index contributed by atoms with van der Waals surface area (Å²) >= 11 is 0. The average Bonchev–Trinajstić information content (AvgIpc) is 2.86. The van der Waals surface area contributed by atoms with Gasteiger partial charge in [0.15, 0.2) is 0 Å². The third kappa shape index (κ3) is 1.93. The number of nitrogens with zero attached hydrogens (tertiary/aromatic N) is 1. The van der Waals surface area contributed by atoms with E-state index in [1.165, 1.54) is 30.2 Å². The van der Waals surface area contributed by atoms with Crippen LogP contribution in [0.1, 0.15) is 30.7 Å². The van der Waals surface area contributed by atoms with E-state index in [0.717, 1.165) is 12.1 Å². The maximum absolute atomic E-state index is 5.86. The minimum absolute atomic E-state index is 0.657. The second-order valence-corrected chi connectivity index (χ2v) is 4.99. The lowest BCUT2D eigenvalue weighted by Gasteiger charge is -2.18. The Balaban J connectivity index is 2.00. The van der Waals surface area contributed by atoms with Crippen molar-refractivity contribution in [1.29, 1.82) is 0 Å². The van der Waals surface area contributed by atoms with E-state index in [0.29, 0.717) is 11.8 Å². The molecule has 0 radical (unpaired) electrons. The van der Waals surface area contributed by atoms with Crippen molar-refractivity contribution in [2.75, 3.05) is 6.54 Å². The number of rotatable bonds is 2. The molecule has 2 heteroatoms. The fourth-order valence-corrected chi connectivity index (χ4v) is 3.08. The summed E-state index contributed by atoms with van der Waals surface area (Å²) in [6, 6.07) is 10.8. The van der Waals surface area contributed by atoms with Gasteiger partial charge in [-0.1, -0.05) is 18.6 Å². The quantitative estimate of drug-likeness (QED) is 0.854. The van der Waals surface area contributed by atoms with Crippen LogP contribution in [0.2, 0.25) is 0 Å². The van der Waals surface area contributed by atoms with Crippen LogP contribution >= 0.6 is 0 Å². The first-order chi connectivity index (χ1) is 8.38. The fourth-order valence-electron chi connectivity index (χ4n) is 3.08. The van der Waals surface area contributed by atoms with Crippen LogP contribution in [0.15, 0.2) is 36.5 Å². The van der Waals surface area contributed by atoms with Crippen molar-refractivity contribution >= 4 is 10.9 Å². The lowest BCUT2D eigenvalue weighted by atomic mass is 9.88. The Morgan fingerprint density at radius 1 is 1.24 bits per heavy atom. The van der Waals surface area contributed by atoms with Crippen molar-refractivity contribution < 1.29 is 0 Å². The van der Waals surface area contributed by atoms with Crippen molar-refractivity contribution in [3.05, 3.63) is 42.1 Å². The molecule has 17 heavy (non-hydrogen) atoms. The molecular weight excluding hydrogens is 208 g/mol. The molecule has 2 N–H and O–H groups in total. The van der Waals surface area contributed by atoms with Gasteiger partial charge in [0.25, 0.3) is 0 Å². The van der Waals surface area contributed by atoms with Gasteiger partial charge >= 0.3 is 0 Å². The molecule has 1 saturated carbocycles. The number of fused-ring (bicyclic) bond motifs is 1. The van der Waals surface area contributed by atoms with E-state index in [1.807, 2.05) is 12.3 Å². The van der Waals surface area contributed by atoms with Crippen LogP contribution in [-0.4, -0.2) is 11.5 Å². The second-order valence-electron chi connectivity index (χ2n) is 4.99. The maximum atomic E-state index is 5.86. The zero-order valence-corrected chi connectivity index (χ0v) is 9.97. The van der Waals surface area contributed by atoms with Gasteiger partial charge in [-0.3, -0.25) is 4.98 Å². The Labute approximate surface area is 102 Å². The number of aromatic nitrogens is 1. The topological polar surface area (TPSA) is 38.9 Å². The van der Waals surface area contributed by atoms with E-state index in [9.17, 15) is 0 Å². The molecule has 3 rings (SSSR count). The number of hydrogen-bond acceptors (Lipinski definition) is 2. The lowest BCUT2D eigenvalue weighted by molar-refractivity contribution is 0.496. The fraction of sp³-hybridized carbons (Fsp3) is 0.400. The van der Waals surface area contributed by atoms with Crippen LogP contribution in [0, 0.1) is 5.92 Å². The minimum Gasteiger partial charge on any atom is -0.330 e. The number of hydrogen-bond donors (Lipinski definition) is 1. The molecule has 2 atom stereocenters. The van der Waals surface area contributed by atoms with Gasteiger partial charge in [0.2, 0.25) is 0 Å². The first-order valence-electron chi connectivity index (χ1n) is 6.43. The molecule has 0 aliphatic heterocycles. The van der Waals surface area contributed by atoms with E-state index in [1.54, 1.807) is 0 Å². The Morgan fingerprint density at radius 3 is 3.06 bits per heavy atom. The second kappa shape index (κ2) is 4.46. The summed E-state index contributed by atoms with van der Waals surface area (Å²) in [7, 11) is 0. The van der Waals surface area contributed by atoms with Crippen LogP contribution in [0.5, 0.6) is 0 Å². The van der Waals surface area contributed by atoms with Crippen molar-refractivity contribution in [3.63, 3.8) is 0 Å². The van der Waals surface area contributed by atoms with E-state index in [2.05, 4.69) is 29.2 Å². The average molecular weight is 226 g/mol. The minimum atomic E-state index is 0.657. The van der Waals surface area contributed by atoms with Gasteiger partial charge in [-0.05, 0) is 55.0 Å². The van der Waals surface area contributed by atoms with Gasteiger partial charge in [-0.2, -0.15) is 0 Å². The SMILES string of the molecule is NCC1CCCC1c1ccc2ncccc2c1. The first-order valence-corrected chi connectivity index (χ1v) is 6.43. The molecule has 0 spiro atoms. The molecule has 2 aromatic rings. The van der Waals surface area contributed by atoms with Crippen molar-refractivity contribution in [2.45, 2.75) is 25.2 Å². The number of pyridine rings is 1. The van der Waals surface area contributed by atoms with Gasteiger partial charge < -0.3 is 5.73 Å². The molecule has 2 unspecified atom stereocenters. The largest absolute Gasteiger partial charge is 0.330 e. The van der Waals surface area contributed by atoms with E-state index < -0.39 is 0 Å². The van der Waals surface area contributed by atoms with Crippen LogP contribution in [0.3, 0.4) is 0 Å². The molecule has 1 aliphatic rings. The summed E-state index contributed by atoms with van der Waals surface area (Å²) < 4.78 is 0. The molecule has 2 nitrogen and oxygen atoms in total. The summed E-state index contributed by atoms with van der Waals surface area (Å²) in [5.41, 5.74) is 8.39. The molecule has 0 saturated heterocycles. The summed E-state index contributed by atoms with van der Waals surface area (Å²) in [6.45, 7) is 0.815. The summed E-state index contributed by atoms with van der Waals surface area (Å²) in [6.07, 6.45) is 5.73. The molecule has 1 aromatic carbocycles. The third-order valence-electron chi connectivity index (χ3n) is 4.02. The molecule has 1 fully saturated rings. The van der Waals surface area contributed by atoms with Crippen LogP contribution in [0.4, 0.5) is 0 Å². The summed E-state index contributed by atoms with van der Waals surface area (Å²) in [5, 5.41) is 1.24. The van der Waals surface area contributed by atoms with Crippen LogP contribution in [-0.2, 0) is 0 Å². The van der Waals surface area contributed by atoms with Crippen LogP contribution < -0.4 is 5.73 Å². The third-order valence-corrected chi connectivity index (χ3v) is 4.02. The Bertz CT molecular complexity index is 521. The molecular formula is C15H18N2. The lowest BCUT2D eigenvalue weighted by Crippen LogP contribution is -2.17. The standard InChI is InChI=1S/C15H18N2/c16-10-13-3-1-5-14(13)11-6-7-15-12(9-11)4-2-8-17-15/h2,4,6-9,13-14H,1,3,5,10,16H2. The summed E-state index contributed by atoms with van der Waals surface area (Å²) in [4.78, 5) is 4.36. The maximum Gasteiger partial charge on any atom is 0.0702 e. The Hall–Kier alpha value is -1.41. The summed E-state index contributed by atoms with van der Waals surface area (Å²) in [5.74, 6) is 1.33. The molecule has 0 amide bonds. The number of nitrogens with two attached hydrogens (primary N) is 1. The zero-order chi connectivity index (χ0) is 11.7. The molecule has 1 aliphatic carbocycles. The van der Waals surface area contributed by atoms with E-state index >= 15 is 0 Å². The Kier molecular flexibility index (Phi) is 2.81. The Morgan fingerprint density at radius 2 is 2.18 bits per heavy atom. The van der Waals surface area contributed by atoms with Gasteiger partial charge in [0.1, 0.15) is 0 Å². The normalized spacial score (nSPS) is 24.3. The van der Waals surface area contributed by atoms with Crippen molar-refractivity contribution in [2.24, 2.45) is 11.7 Å². The monoisotopic (exact) mass is 226 g/mol. The highest BCUT2D eigenvalue weighted by atomic mass is 14.6. The van der Waals surface area contributed by atoms with Gasteiger partial charge in [0, 0.05) is 11.6 Å². The molecule has 1 aromatic heterocycles. The zero-order valence-electron chi connectivity index (χ0n) is 9.97. The van der Waals surface area contributed by atoms with Crippen molar-refractivity contribution in [1.82, 2.24) is 4.98 Å². The molecule has 1 heterocycles. The highest BCUT2D eigenvalue weighted by Gasteiger charge is 2.27. The predicted octanol–water partition coefficient (Wildman–Crippen LogP) is 3.08. The van der Waals surface area contributed by atoms with Crippen molar-refractivity contribution in [3.8, 4) is 0 Å². The molecule has 0 bridgehead atoms. The van der Waals surface area contributed by atoms with Gasteiger partial charge in [0.05, 0.1) is 5.52 Å². The van der Waals surface area contributed by atoms with Gasteiger partial charge in [-0.25, -0.2) is 0 Å². The molecule has 88 valence electrons. The van der Waals surface area contributed by atoms with E-state index in [4.69, 9.17) is 5.73 Å². The predicted molar refractivity (Wildman–Crippen MR) is 70.9 cm³/mol. The number of benzene rings is 1. The van der Waals surface area contributed by atoms with E-state index in [-0.39, 0.29) is 0 Å². The van der Waals surface area contributed by atoms with Gasteiger partial charge in [-0.15, -0.1) is 0 Å². The highest BCUT2D eigenvalue weighted by Crippen LogP contribution is 2.39. The smallest absolute Gasteiger partial charge is 0.0702 e. The van der Waals surface area contributed by atoms with Crippen LogP contribution in [0.25, 0.3) is 10.9 Å². The highest BCUT2D eigenvalue weighted by molar-refractivity contribution is 5.79. The first kappa shape index (κ1) is 10.7.